The van der Waals surface area contributed by atoms with Crippen LogP contribution in [0.5, 0.6) is 5.75 Å². The second-order valence-corrected chi connectivity index (χ2v) is 36.6. The van der Waals surface area contributed by atoms with Crippen LogP contribution in [0.25, 0.3) is 67.1 Å². The van der Waals surface area contributed by atoms with Crippen LogP contribution < -0.4 is 52.2 Å². The van der Waals surface area contributed by atoms with Crippen molar-refractivity contribution < 1.29 is 14.3 Å². The van der Waals surface area contributed by atoms with Crippen LogP contribution in [0.2, 0.25) is 40.2 Å². The van der Waals surface area contributed by atoms with E-state index in [-0.39, 0.29) is 5.91 Å². The summed E-state index contributed by atoms with van der Waals surface area (Å²) in [5, 5.41) is 4.88. The molecule has 668 valence electrons. The van der Waals surface area contributed by atoms with Gasteiger partial charge in [0.25, 0.3) is 0 Å². The summed E-state index contributed by atoms with van der Waals surface area (Å²) in [6, 6.07) is 40.0. The molecule has 25 nitrogen and oxygen atoms in total. The predicted octanol–water partition coefficient (Wildman–Crippen LogP) is 16.1. The van der Waals surface area contributed by atoms with Gasteiger partial charge in [0.2, 0.25) is 5.91 Å². The highest BCUT2D eigenvalue weighted by Crippen LogP contribution is 2.41. The minimum absolute atomic E-state index is 0.186. The van der Waals surface area contributed by atoms with Gasteiger partial charge in [-0.3, -0.25) is 32.2 Å². The molecule has 19 rings (SSSR count). The maximum atomic E-state index is 12.6. The molecule has 33 heteroatoms. The lowest BCUT2D eigenvalue weighted by Gasteiger charge is -2.42. The first-order chi connectivity index (χ1) is 61.6. The molecule has 6 fully saturated rings. The monoisotopic (exact) mass is 1870 g/mol. The first kappa shape index (κ1) is 91.4. The van der Waals surface area contributed by atoms with E-state index in [2.05, 4.69) is 152 Å². The summed E-state index contributed by atoms with van der Waals surface area (Å²) in [6.45, 7) is 20.3. The minimum Gasteiger partial charge on any atom is -0.497 e. The number of likely N-dealkylation sites (tertiary alicyclic amines) is 1. The molecule has 0 spiro atoms. The number of nitrogens with zero attached hydrogens (tertiary/aromatic N) is 18. The summed E-state index contributed by atoms with van der Waals surface area (Å²) in [4.78, 5) is 54.7. The average Bonchev–Trinajstić information content (AvgIpc) is 1.60. The highest BCUT2D eigenvalue weighted by Gasteiger charge is 2.32. The van der Waals surface area contributed by atoms with Crippen molar-refractivity contribution in [1.82, 2.24) is 62.0 Å². The van der Waals surface area contributed by atoms with Gasteiger partial charge in [-0.2, -0.15) is 0 Å². The maximum absolute atomic E-state index is 12.6. The number of anilines is 5. The summed E-state index contributed by atoms with van der Waals surface area (Å²) in [6.07, 6.45) is 21.0. The Labute approximate surface area is 781 Å². The molecule has 0 bridgehead atoms. The molecule has 1 amide bonds. The fraction of sp³-hybridized carbons (Fsp3) is 0.372. The zero-order chi connectivity index (χ0) is 88.7. The molecule has 8 aromatic heterocycles. The van der Waals surface area contributed by atoms with Crippen LogP contribution in [0.1, 0.15) is 47.9 Å². The Morgan fingerprint density at radius 1 is 0.402 bits per heavy atom. The third-order valence-corrected chi connectivity index (χ3v) is 27.6. The smallest absolute Gasteiger partial charge is 0.236 e. The molecule has 0 aliphatic carbocycles. The summed E-state index contributed by atoms with van der Waals surface area (Å²) in [5.41, 5.74) is 40.6. The van der Waals surface area contributed by atoms with Gasteiger partial charge in [0.1, 0.15) is 51.6 Å². The number of rotatable bonds is 18. The van der Waals surface area contributed by atoms with Crippen LogP contribution in [-0.4, -0.2) is 246 Å². The van der Waals surface area contributed by atoms with Gasteiger partial charge in [0.05, 0.1) is 51.7 Å². The van der Waals surface area contributed by atoms with Gasteiger partial charge in [0, 0.05) is 258 Å². The number of piperazine rings is 3. The Hall–Kier alpha value is -8.91. The Kier molecular flexibility index (Phi) is 29.8. The number of imidazole rings is 4. The van der Waals surface area contributed by atoms with Gasteiger partial charge < -0.3 is 71.6 Å². The largest absolute Gasteiger partial charge is 0.497 e. The van der Waals surface area contributed by atoms with Crippen LogP contribution in [0.15, 0.2) is 171 Å². The number of nitrogens with two attached hydrogens (primary N) is 4. The number of aromatic nitrogens is 8. The molecule has 0 radical (unpaired) electrons. The van der Waals surface area contributed by atoms with E-state index in [0.717, 1.165) is 229 Å². The number of methoxy groups -OCH3 is 1. The van der Waals surface area contributed by atoms with E-state index < -0.39 is 0 Å². The van der Waals surface area contributed by atoms with E-state index in [4.69, 9.17) is 125 Å². The number of benzene rings is 5. The van der Waals surface area contributed by atoms with Crippen LogP contribution in [-0.2, 0) is 35.7 Å². The van der Waals surface area contributed by atoms with Crippen molar-refractivity contribution >= 4 is 150 Å². The molecular formula is C94H108Cl8N22O3. The van der Waals surface area contributed by atoms with Crippen molar-refractivity contribution in [2.75, 3.05) is 190 Å². The number of piperidine rings is 2. The van der Waals surface area contributed by atoms with Crippen LogP contribution in [0.3, 0.4) is 0 Å². The molecule has 127 heavy (non-hydrogen) atoms. The highest BCUT2D eigenvalue weighted by molar-refractivity contribution is 6.38. The van der Waals surface area contributed by atoms with Crippen molar-refractivity contribution in [1.29, 1.82) is 0 Å². The Bertz CT molecular complexity index is 6000. The molecule has 5 aromatic carbocycles. The number of hydrogen-bond acceptors (Lipinski definition) is 20. The number of morpholine rings is 1. The minimum atomic E-state index is 0.186. The number of amides is 1. The van der Waals surface area contributed by atoms with Gasteiger partial charge in [0.15, 0.2) is 0 Å². The zero-order valence-corrected chi connectivity index (χ0v) is 78.0. The van der Waals surface area contributed by atoms with Gasteiger partial charge in [-0.05, 0) is 179 Å². The number of carbonyl (C=O) groups excluding carboxylic acids is 1. The summed E-state index contributed by atoms with van der Waals surface area (Å²) >= 11 is 50.5. The lowest BCUT2D eigenvalue weighted by Crippen LogP contribution is -2.53. The van der Waals surface area contributed by atoms with E-state index in [9.17, 15) is 4.79 Å². The van der Waals surface area contributed by atoms with Gasteiger partial charge in [-0.1, -0.05) is 117 Å². The number of ether oxygens (including phenoxy) is 2. The van der Waals surface area contributed by atoms with Gasteiger partial charge >= 0.3 is 0 Å². The van der Waals surface area contributed by atoms with Crippen molar-refractivity contribution in [2.45, 2.75) is 63.9 Å². The number of carbonyl (C=O) groups is 1. The van der Waals surface area contributed by atoms with E-state index in [1.807, 2.05) is 102 Å². The Balaban J connectivity index is 0.000000125. The normalized spacial score (nSPS) is 16.7. The highest BCUT2D eigenvalue weighted by atomic mass is 35.5. The summed E-state index contributed by atoms with van der Waals surface area (Å²) < 4.78 is 19.2. The van der Waals surface area contributed by atoms with Crippen molar-refractivity contribution in [2.24, 2.45) is 22.9 Å². The third-order valence-electron chi connectivity index (χ3n) is 25.4. The molecule has 6 aliphatic heterocycles. The topological polar surface area (TPSA) is 241 Å². The fourth-order valence-corrected chi connectivity index (χ4v) is 20.2. The maximum Gasteiger partial charge on any atom is 0.236 e. The summed E-state index contributed by atoms with van der Waals surface area (Å²) in [5.74, 6) is 5.38. The Morgan fingerprint density at radius 2 is 0.732 bits per heavy atom. The molecule has 0 saturated carbocycles. The van der Waals surface area contributed by atoms with E-state index in [0.29, 0.717) is 105 Å². The van der Waals surface area contributed by atoms with Crippen molar-refractivity contribution in [3.8, 4) is 50.3 Å². The van der Waals surface area contributed by atoms with Gasteiger partial charge in [-0.25, -0.2) is 19.9 Å². The number of fused-ring (bicyclic) bond motifs is 4. The lowest BCUT2D eigenvalue weighted by atomic mass is 10.0. The third kappa shape index (κ3) is 20.8. The van der Waals surface area contributed by atoms with Crippen LogP contribution >= 0.6 is 92.8 Å². The number of halogens is 8. The second-order valence-electron chi connectivity index (χ2n) is 33.2. The summed E-state index contributed by atoms with van der Waals surface area (Å²) in [7, 11) is 8.23. The molecule has 6 saturated heterocycles. The number of pyridine rings is 4. The standard InChI is InChI=1S/C25H25Cl2N5O.C24H28Cl2N6O2.C24H30Cl2N6.C21H25Cl2N5/c1-33-20-5-3-19(4-6-20)30-8-10-31(11-9-30)25-15-29-24-12-17(14-28)22(16-32(24)25)21-7-2-18(26)13-23(21)27;25-18-1-2-19(21(26)12-18)20-15-32-22(11-17(20)13-27)28-14-23(32)30-5-3-29(4-6-30)16-24(33)31-7-9-34-10-8-31;1-29-6-4-19(5-7-29)30-8-10-31(11-9-30)24-15-28-23-12-17(14-27)21(16-32(23)24)20-3-2-18(25)13-22(20)26;1-26(2)16-5-7-27(8-6-16)21-12-25-20-9-14(11-24)18(13-28(20)21)17-4-3-15(22)10-19(17)23/h2-7,12-13,15-16H,8-11,14,28H2,1H3;1-2,11-12,14-15H,3-10,13,16,27H2;2-3,12-13,15-16,19H,4-11,14,27H2,1H3;3-4,9-10,12-13,16H,5-8,11,24H2,1-2H3. The Morgan fingerprint density at radius 3 is 1.06 bits per heavy atom. The van der Waals surface area contributed by atoms with E-state index >= 15 is 0 Å². The first-order valence-corrected chi connectivity index (χ1v) is 46.3. The molecular weight excluding hydrogens is 1770 g/mol. The van der Waals surface area contributed by atoms with Gasteiger partial charge in [-0.15, -0.1) is 0 Å². The van der Waals surface area contributed by atoms with Crippen LogP contribution in [0.4, 0.5) is 29.0 Å². The first-order valence-electron chi connectivity index (χ1n) is 43.3. The number of hydrogen-bond donors (Lipinski definition) is 4. The molecule has 13 aromatic rings. The molecule has 8 N–H and O–H groups in total. The lowest BCUT2D eigenvalue weighted by molar-refractivity contribution is -0.136. The fourth-order valence-electron chi connectivity index (χ4n) is 18.1. The molecule has 0 atom stereocenters. The van der Waals surface area contributed by atoms with Crippen molar-refractivity contribution in [3.05, 3.63) is 233 Å². The average molecular weight is 1880 g/mol. The second kappa shape index (κ2) is 41.5. The molecule has 14 heterocycles. The zero-order valence-electron chi connectivity index (χ0n) is 71.9. The van der Waals surface area contributed by atoms with E-state index in [1.54, 1.807) is 31.4 Å². The van der Waals surface area contributed by atoms with Crippen molar-refractivity contribution in [3.63, 3.8) is 0 Å². The predicted molar refractivity (Wildman–Crippen MR) is 521 cm³/mol. The SMILES string of the molecule is CN(C)C1CCN(c2cnc3cc(CN)c(-c4ccc(Cl)cc4Cl)cn23)CC1.CN1CCC(N2CCN(c3cnc4cc(CN)c(-c5ccc(Cl)cc5Cl)cn34)CC2)CC1.COc1ccc(N2CCN(c3cnc4cc(CN)c(-c5ccc(Cl)cc5Cl)cn34)CC2)cc1.NCc1cc2ncc(N3CCN(CC(=O)N4CCOCC4)CC3)n2cc1-c1ccc(Cl)cc1Cl. The van der Waals surface area contributed by atoms with Crippen LogP contribution in [0, 0.1) is 0 Å². The quantitative estimate of drug-likeness (QED) is 0.0624. The molecule has 0 unspecified atom stereocenters. The molecule has 6 aliphatic rings. The van der Waals surface area contributed by atoms with E-state index in [1.165, 1.54) is 31.6 Å².